The Labute approximate surface area is 125 Å². The van der Waals surface area contributed by atoms with E-state index in [2.05, 4.69) is 21.2 Å². The number of ether oxygens (including phenoxy) is 1. The lowest BCUT2D eigenvalue weighted by atomic mass is 10.2. The molecule has 0 spiro atoms. The van der Waals surface area contributed by atoms with Crippen molar-refractivity contribution in [2.75, 3.05) is 7.11 Å². The minimum atomic E-state index is -0.0938. The van der Waals surface area contributed by atoms with Gasteiger partial charge in [0.2, 0.25) is 0 Å². The van der Waals surface area contributed by atoms with Gasteiger partial charge < -0.3 is 14.5 Å². The van der Waals surface area contributed by atoms with Crippen molar-refractivity contribution in [3.05, 3.63) is 52.4 Å². The van der Waals surface area contributed by atoms with Crippen LogP contribution in [0.4, 0.5) is 0 Å². The topological polar surface area (TPSA) is 51.5 Å². The maximum atomic E-state index is 12.2. The molecule has 0 saturated heterocycles. The summed E-state index contributed by atoms with van der Waals surface area (Å²) in [5, 5.41) is 3.01. The van der Waals surface area contributed by atoms with Crippen LogP contribution in [0.5, 0.6) is 5.75 Å². The summed E-state index contributed by atoms with van der Waals surface area (Å²) in [4.78, 5) is 12.2. The van der Waals surface area contributed by atoms with E-state index in [4.69, 9.17) is 9.15 Å². The van der Waals surface area contributed by atoms with Gasteiger partial charge in [0.05, 0.1) is 13.4 Å². The lowest BCUT2D eigenvalue weighted by Gasteiger charge is -2.07. The van der Waals surface area contributed by atoms with Crippen molar-refractivity contribution in [1.82, 2.24) is 5.32 Å². The highest BCUT2D eigenvalue weighted by Crippen LogP contribution is 2.41. The fourth-order valence-corrected chi connectivity index (χ4v) is 2.71. The molecule has 1 aromatic carbocycles. The first-order valence-electron chi connectivity index (χ1n) is 6.36. The lowest BCUT2D eigenvalue weighted by molar-refractivity contribution is 0.0949. The maximum Gasteiger partial charge on any atom is 0.251 e. The van der Waals surface area contributed by atoms with Gasteiger partial charge in [-0.15, -0.1) is 0 Å². The number of halogens is 1. The first-order chi connectivity index (χ1) is 9.67. The third-order valence-corrected chi connectivity index (χ3v) is 3.84. The van der Waals surface area contributed by atoms with E-state index in [1.807, 2.05) is 18.2 Å². The van der Waals surface area contributed by atoms with Gasteiger partial charge in [-0.25, -0.2) is 0 Å². The number of hydrogen-bond donors (Lipinski definition) is 1. The van der Waals surface area contributed by atoms with Crippen molar-refractivity contribution < 1.29 is 13.9 Å². The van der Waals surface area contributed by atoms with Crippen molar-refractivity contribution in [3.63, 3.8) is 0 Å². The molecule has 1 saturated carbocycles. The van der Waals surface area contributed by atoms with Gasteiger partial charge in [0, 0.05) is 22.0 Å². The molecule has 1 heterocycles. The van der Waals surface area contributed by atoms with Crippen molar-refractivity contribution in [2.45, 2.75) is 18.4 Å². The van der Waals surface area contributed by atoms with Crippen molar-refractivity contribution in [1.29, 1.82) is 0 Å². The van der Waals surface area contributed by atoms with Crippen LogP contribution in [0.1, 0.15) is 28.5 Å². The van der Waals surface area contributed by atoms with Gasteiger partial charge in [-0.3, -0.25) is 4.79 Å². The largest absolute Gasteiger partial charge is 0.497 e. The first-order valence-corrected chi connectivity index (χ1v) is 7.15. The molecule has 2 aromatic rings. The SMILES string of the molecule is COc1cc(Br)cc(C(=O)N[C@@H]2C[C@H]2c2ccco2)c1. The Hall–Kier alpha value is -1.75. The second-order valence-electron chi connectivity index (χ2n) is 4.82. The fourth-order valence-electron chi connectivity index (χ4n) is 2.23. The van der Waals surface area contributed by atoms with E-state index in [9.17, 15) is 4.79 Å². The van der Waals surface area contributed by atoms with E-state index in [0.717, 1.165) is 16.7 Å². The number of benzene rings is 1. The van der Waals surface area contributed by atoms with Crippen molar-refractivity contribution in [3.8, 4) is 5.75 Å². The third-order valence-electron chi connectivity index (χ3n) is 3.38. The third kappa shape index (κ3) is 2.72. The molecule has 2 atom stereocenters. The Kier molecular flexibility index (Phi) is 3.53. The molecule has 4 nitrogen and oxygen atoms in total. The van der Waals surface area contributed by atoms with Gasteiger partial charge >= 0.3 is 0 Å². The Morgan fingerprint density at radius 3 is 3.00 bits per heavy atom. The van der Waals surface area contributed by atoms with E-state index in [1.165, 1.54) is 0 Å². The van der Waals surface area contributed by atoms with Crippen LogP contribution in [0.15, 0.2) is 45.5 Å². The molecule has 1 fully saturated rings. The van der Waals surface area contributed by atoms with E-state index < -0.39 is 0 Å². The molecule has 1 amide bonds. The summed E-state index contributed by atoms with van der Waals surface area (Å²) < 4.78 is 11.3. The Bertz CT molecular complexity index is 624. The van der Waals surface area contributed by atoms with E-state index in [0.29, 0.717) is 17.2 Å². The molecule has 1 aromatic heterocycles. The Morgan fingerprint density at radius 1 is 1.45 bits per heavy atom. The molecule has 5 heteroatoms. The number of carbonyl (C=O) groups excluding carboxylic acids is 1. The number of methoxy groups -OCH3 is 1. The zero-order valence-corrected chi connectivity index (χ0v) is 12.5. The van der Waals surface area contributed by atoms with Crippen LogP contribution in [0.3, 0.4) is 0 Å². The van der Waals surface area contributed by atoms with Crippen LogP contribution < -0.4 is 10.1 Å². The van der Waals surface area contributed by atoms with Gasteiger partial charge in [-0.2, -0.15) is 0 Å². The predicted molar refractivity (Wildman–Crippen MR) is 78.0 cm³/mol. The van der Waals surface area contributed by atoms with Crippen LogP contribution in [0.2, 0.25) is 0 Å². The zero-order valence-electron chi connectivity index (χ0n) is 10.9. The van der Waals surface area contributed by atoms with E-state index in [1.54, 1.807) is 25.5 Å². The van der Waals surface area contributed by atoms with Gasteiger partial charge in [0.1, 0.15) is 11.5 Å². The van der Waals surface area contributed by atoms with Gasteiger partial charge in [0.25, 0.3) is 5.91 Å². The minimum Gasteiger partial charge on any atom is -0.497 e. The van der Waals surface area contributed by atoms with Crippen LogP contribution in [-0.4, -0.2) is 19.1 Å². The van der Waals surface area contributed by atoms with Crippen molar-refractivity contribution in [2.24, 2.45) is 0 Å². The lowest BCUT2D eigenvalue weighted by Crippen LogP contribution is -2.26. The fraction of sp³-hybridized carbons (Fsp3) is 0.267. The van der Waals surface area contributed by atoms with Crippen LogP contribution in [0, 0.1) is 0 Å². The normalized spacial score (nSPS) is 20.5. The molecule has 3 rings (SSSR count). The number of amides is 1. The van der Waals surface area contributed by atoms with Gasteiger partial charge in [-0.05, 0) is 36.8 Å². The number of rotatable bonds is 4. The molecule has 20 heavy (non-hydrogen) atoms. The van der Waals surface area contributed by atoms with Crippen LogP contribution in [0.25, 0.3) is 0 Å². The molecule has 1 N–H and O–H groups in total. The second-order valence-corrected chi connectivity index (χ2v) is 5.73. The summed E-state index contributed by atoms with van der Waals surface area (Å²) in [5.74, 6) is 1.79. The predicted octanol–water partition coefficient (Wildman–Crippen LogP) is 3.34. The summed E-state index contributed by atoms with van der Waals surface area (Å²) in [6.45, 7) is 0. The summed E-state index contributed by atoms with van der Waals surface area (Å²) in [6, 6.07) is 9.29. The quantitative estimate of drug-likeness (QED) is 0.932. The van der Waals surface area contributed by atoms with Crippen LogP contribution in [-0.2, 0) is 0 Å². The summed E-state index contributed by atoms with van der Waals surface area (Å²) in [6.07, 6.45) is 2.58. The Balaban J connectivity index is 1.67. The molecule has 0 unspecified atom stereocenters. The summed E-state index contributed by atoms with van der Waals surface area (Å²) >= 11 is 3.37. The van der Waals surface area contributed by atoms with Crippen LogP contribution >= 0.6 is 15.9 Å². The van der Waals surface area contributed by atoms with Crippen molar-refractivity contribution >= 4 is 21.8 Å². The molecule has 0 bridgehead atoms. The smallest absolute Gasteiger partial charge is 0.251 e. The Morgan fingerprint density at radius 2 is 2.30 bits per heavy atom. The summed E-state index contributed by atoms with van der Waals surface area (Å²) in [7, 11) is 1.58. The molecule has 0 radical (unpaired) electrons. The minimum absolute atomic E-state index is 0.0938. The molecule has 1 aliphatic rings. The number of nitrogens with one attached hydrogen (secondary N) is 1. The molecule has 0 aliphatic heterocycles. The monoisotopic (exact) mass is 335 g/mol. The highest BCUT2D eigenvalue weighted by Gasteiger charge is 2.41. The average Bonchev–Trinajstić information content (AvgIpc) is 2.99. The molecular weight excluding hydrogens is 322 g/mol. The van der Waals surface area contributed by atoms with Gasteiger partial charge in [0.15, 0.2) is 0 Å². The number of furan rings is 1. The van der Waals surface area contributed by atoms with E-state index in [-0.39, 0.29) is 11.9 Å². The zero-order chi connectivity index (χ0) is 14.1. The highest BCUT2D eigenvalue weighted by atomic mass is 79.9. The second kappa shape index (κ2) is 5.32. The number of carbonyl (C=O) groups is 1. The van der Waals surface area contributed by atoms with E-state index >= 15 is 0 Å². The first kappa shape index (κ1) is 13.2. The summed E-state index contributed by atoms with van der Waals surface area (Å²) in [5.41, 5.74) is 0.585. The molecule has 1 aliphatic carbocycles. The van der Waals surface area contributed by atoms with Gasteiger partial charge in [-0.1, -0.05) is 15.9 Å². The molecular formula is C15H14BrNO3. The maximum absolute atomic E-state index is 12.2. The molecule has 104 valence electrons. The highest BCUT2D eigenvalue weighted by molar-refractivity contribution is 9.10. The number of hydrogen-bond acceptors (Lipinski definition) is 3. The average molecular weight is 336 g/mol. The standard InChI is InChI=1S/C15H14BrNO3/c1-19-11-6-9(5-10(16)7-11)15(18)17-13-8-12(13)14-3-2-4-20-14/h2-7,12-13H,8H2,1H3,(H,17,18)/t12-,13-/m1/s1.